The largest absolute Gasteiger partial charge is 0.352 e. The normalized spacial score (nSPS) is 10.4. The highest BCUT2D eigenvalue weighted by Gasteiger charge is 2.10. The molecule has 0 fully saturated rings. The molecule has 1 amide bonds. The molecule has 0 saturated carbocycles. The number of amides is 1. The van der Waals surface area contributed by atoms with Crippen LogP contribution in [-0.4, -0.2) is 10.5 Å². The fourth-order valence-corrected chi connectivity index (χ4v) is 2.20. The Labute approximate surface area is 107 Å². The van der Waals surface area contributed by atoms with Crippen LogP contribution >= 0.6 is 0 Å². The SMILES string of the molecule is CC(=O)NCc1cc(C)n(-c2ccccc2)c1C. The minimum atomic E-state index is -0.000450. The number of nitrogens with one attached hydrogen (secondary N) is 1. The molecule has 0 unspecified atom stereocenters. The average molecular weight is 242 g/mol. The van der Waals surface area contributed by atoms with Crippen LogP contribution in [0.2, 0.25) is 0 Å². The molecule has 1 N–H and O–H groups in total. The molecule has 0 aliphatic heterocycles. The van der Waals surface area contributed by atoms with Crippen LogP contribution in [0.3, 0.4) is 0 Å². The molecule has 0 aliphatic rings. The van der Waals surface area contributed by atoms with Gasteiger partial charge in [-0.15, -0.1) is 0 Å². The van der Waals surface area contributed by atoms with Gasteiger partial charge in [0.25, 0.3) is 0 Å². The van der Waals surface area contributed by atoms with E-state index in [-0.39, 0.29) is 5.91 Å². The molecule has 0 atom stereocenters. The van der Waals surface area contributed by atoms with Gasteiger partial charge in [-0.2, -0.15) is 0 Å². The third kappa shape index (κ3) is 2.45. The number of aromatic nitrogens is 1. The van der Waals surface area contributed by atoms with E-state index in [1.807, 2.05) is 18.2 Å². The summed E-state index contributed by atoms with van der Waals surface area (Å²) in [6, 6.07) is 12.4. The Bertz CT molecular complexity index is 555. The highest BCUT2D eigenvalue weighted by Crippen LogP contribution is 2.20. The van der Waals surface area contributed by atoms with Gasteiger partial charge < -0.3 is 9.88 Å². The molecule has 3 heteroatoms. The fourth-order valence-electron chi connectivity index (χ4n) is 2.20. The fraction of sp³-hybridized carbons (Fsp3) is 0.267. The van der Waals surface area contributed by atoms with E-state index in [0.29, 0.717) is 6.54 Å². The van der Waals surface area contributed by atoms with Crippen molar-refractivity contribution in [3.8, 4) is 5.69 Å². The van der Waals surface area contributed by atoms with E-state index in [9.17, 15) is 4.79 Å². The van der Waals surface area contributed by atoms with Crippen LogP contribution in [-0.2, 0) is 11.3 Å². The van der Waals surface area contributed by atoms with Crippen molar-refractivity contribution in [1.29, 1.82) is 0 Å². The molecule has 0 radical (unpaired) electrons. The Morgan fingerprint density at radius 1 is 1.22 bits per heavy atom. The molecule has 0 spiro atoms. The second kappa shape index (κ2) is 5.08. The molecule has 2 aromatic rings. The van der Waals surface area contributed by atoms with Gasteiger partial charge in [0.1, 0.15) is 0 Å². The minimum Gasteiger partial charge on any atom is -0.352 e. The van der Waals surface area contributed by atoms with Crippen molar-refractivity contribution >= 4 is 5.91 Å². The average Bonchev–Trinajstić information content (AvgIpc) is 2.63. The molecule has 1 heterocycles. The molecule has 1 aromatic carbocycles. The van der Waals surface area contributed by atoms with E-state index >= 15 is 0 Å². The molecule has 94 valence electrons. The molecule has 1 aromatic heterocycles. The maximum Gasteiger partial charge on any atom is 0.217 e. The van der Waals surface area contributed by atoms with E-state index in [0.717, 1.165) is 11.3 Å². The summed E-state index contributed by atoms with van der Waals surface area (Å²) in [7, 11) is 0. The van der Waals surface area contributed by atoms with Crippen molar-refractivity contribution in [2.45, 2.75) is 27.3 Å². The summed E-state index contributed by atoms with van der Waals surface area (Å²) >= 11 is 0. The van der Waals surface area contributed by atoms with Crippen LogP contribution in [0.1, 0.15) is 23.9 Å². The van der Waals surface area contributed by atoms with Gasteiger partial charge in [-0.3, -0.25) is 4.79 Å². The van der Waals surface area contributed by atoms with Gasteiger partial charge in [-0.1, -0.05) is 18.2 Å². The number of para-hydroxylation sites is 1. The first-order valence-corrected chi connectivity index (χ1v) is 6.07. The topological polar surface area (TPSA) is 34.0 Å². The molecular formula is C15H18N2O. The van der Waals surface area contributed by atoms with Crippen molar-refractivity contribution in [3.63, 3.8) is 0 Å². The maximum atomic E-state index is 11.0. The van der Waals surface area contributed by atoms with Gasteiger partial charge in [0.05, 0.1) is 0 Å². The number of carbonyl (C=O) groups excluding carboxylic acids is 1. The van der Waals surface area contributed by atoms with Crippen molar-refractivity contribution in [2.75, 3.05) is 0 Å². The smallest absolute Gasteiger partial charge is 0.217 e. The lowest BCUT2D eigenvalue weighted by molar-refractivity contribution is -0.119. The number of rotatable bonds is 3. The van der Waals surface area contributed by atoms with Crippen molar-refractivity contribution < 1.29 is 4.79 Å². The van der Waals surface area contributed by atoms with E-state index in [4.69, 9.17) is 0 Å². The predicted molar refractivity (Wildman–Crippen MR) is 72.8 cm³/mol. The van der Waals surface area contributed by atoms with Crippen molar-refractivity contribution in [2.24, 2.45) is 0 Å². The summed E-state index contributed by atoms with van der Waals surface area (Å²) in [5, 5.41) is 2.84. The van der Waals surface area contributed by atoms with Crippen LogP contribution in [0, 0.1) is 13.8 Å². The number of hydrogen-bond acceptors (Lipinski definition) is 1. The standard InChI is InChI=1S/C15H18N2O/c1-11-9-14(10-16-13(3)18)12(2)17(11)15-7-5-4-6-8-15/h4-9H,10H2,1-3H3,(H,16,18). The second-order valence-corrected chi connectivity index (χ2v) is 4.48. The Kier molecular flexibility index (Phi) is 3.51. The monoisotopic (exact) mass is 242 g/mol. The predicted octanol–water partition coefficient (Wildman–Crippen LogP) is 2.73. The lowest BCUT2D eigenvalue weighted by Gasteiger charge is -2.09. The highest BCUT2D eigenvalue weighted by atomic mass is 16.1. The van der Waals surface area contributed by atoms with Gasteiger partial charge >= 0.3 is 0 Å². The lowest BCUT2D eigenvalue weighted by atomic mass is 10.2. The Balaban J connectivity index is 2.35. The Morgan fingerprint density at radius 2 is 1.89 bits per heavy atom. The first kappa shape index (κ1) is 12.4. The zero-order valence-corrected chi connectivity index (χ0v) is 11.0. The van der Waals surface area contributed by atoms with Gasteiger partial charge in [0.2, 0.25) is 5.91 Å². The van der Waals surface area contributed by atoms with Gasteiger partial charge in [-0.05, 0) is 37.6 Å². The van der Waals surface area contributed by atoms with Crippen LogP contribution in [0.25, 0.3) is 5.69 Å². The first-order chi connectivity index (χ1) is 8.59. The van der Waals surface area contributed by atoms with Gasteiger partial charge in [0.15, 0.2) is 0 Å². The first-order valence-electron chi connectivity index (χ1n) is 6.07. The van der Waals surface area contributed by atoms with Gasteiger partial charge in [-0.25, -0.2) is 0 Å². The summed E-state index contributed by atoms with van der Waals surface area (Å²) in [4.78, 5) is 11.0. The molecule has 0 saturated heterocycles. The van der Waals surface area contributed by atoms with E-state index < -0.39 is 0 Å². The summed E-state index contributed by atoms with van der Waals surface area (Å²) in [5.74, 6) is -0.000450. The van der Waals surface area contributed by atoms with E-state index in [1.165, 1.54) is 18.3 Å². The van der Waals surface area contributed by atoms with Crippen LogP contribution in [0.15, 0.2) is 36.4 Å². The lowest BCUT2D eigenvalue weighted by Crippen LogP contribution is -2.19. The number of hydrogen-bond donors (Lipinski definition) is 1. The summed E-state index contributed by atoms with van der Waals surface area (Å²) in [6.45, 7) is 6.28. The number of aryl methyl sites for hydroxylation is 1. The van der Waals surface area contributed by atoms with Gasteiger partial charge in [0, 0.05) is 30.5 Å². The molecule has 0 aliphatic carbocycles. The van der Waals surface area contributed by atoms with E-state index in [2.05, 4.69) is 41.9 Å². The van der Waals surface area contributed by atoms with E-state index in [1.54, 1.807) is 0 Å². The molecule has 2 rings (SSSR count). The summed E-state index contributed by atoms with van der Waals surface area (Å²) in [6.07, 6.45) is 0. The third-order valence-corrected chi connectivity index (χ3v) is 3.08. The molecule has 0 bridgehead atoms. The number of carbonyl (C=O) groups is 1. The number of nitrogens with zero attached hydrogens (tertiary/aromatic N) is 1. The molecule has 3 nitrogen and oxygen atoms in total. The maximum absolute atomic E-state index is 11.0. The van der Waals surface area contributed by atoms with Crippen LogP contribution in [0.5, 0.6) is 0 Å². The Morgan fingerprint density at radius 3 is 2.50 bits per heavy atom. The summed E-state index contributed by atoms with van der Waals surface area (Å²) in [5.41, 5.74) is 4.67. The highest BCUT2D eigenvalue weighted by molar-refractivity contribution is 5.72. The molecular weight excluding hydrogens is 224 g/mol. The van der Waals surface area contributed by atoms with Crippen LogP contribution < -0.4 is 5.32 Å². The van der Waals surface area contributed by atoms with Crippen molar-refractivity contribution in [1.82, 2.24) is 9.88 Å². The third-order valence-electron chi connectivity index (χ3n) is 3.08. The second-order valence-electron chi connectivity index (χ2n) is 4.48. The number of benzene rings is 1. The summed E-state index contributed by atoms with van der Waals surface area (Å²) < 4.78 is 2.21. The zero-order valence-electron chi connectivity index (χ0n) is 11.0. The molecule has 18 heavy (non-hydrogen) atoms. The Hall–Kier alpha value is -2.03. The van der Waals surface area contributed by atoms with Crippen molar-refractivity contribution in [3.05, 3.63) is 53.3 Å². The van der Waals surface area contributed by atoms with Crippen LogP contribution in [0.4, 0.5) is 0 Å². The minimum absolute atomic E-state index is 0.000450. The quantitative estimate of drug-likeness (QED) is 0.882. The zero-order chi connectivity index (χ0) is 13.1.